The SMILES string of the molecule is Clc1nc(-c2ccc3ccccc3c2)nc(-c2ccc3c(c2)oc2ccc(-c4ccc5c(c4)oc4c(-c6cccc7c6[nH]c6ccc8ccccc8c67)c6ccccc6cc45)cc23)n1. The lowest BCUT2D eigenvalue weighted by Gasteiger charge is -2.10. The number of aromatic nitrogens is 4. The van der Waals surface area contributed by atoms with Gasteiger partial charge in [0.2, 0.25) is 5.28 Å². The third-order valence-corrected chi connectivity index (χ3v) is 13.1. The molecule has 0 aliphatic rings. The summed E-state index contributed by atoms with van der Waals surface area (Å²) in [6, 6.07) is 63.8. The van der Waals surface area contributed by atoms with Crippen LogP contribution in [-0.2, 0) is 0 Å². The highest BCUT2D eigenvalue weighted by molar-refractivity contribution is 6.28. The summed E-state index contributed by atoms with van der Waals surface area (Å²) in [6.07, 6.45) is 0. The molecule has 0 saturated heterocycles. The van der Waals surface area contributed by atoms with E-state index in [1.807, 2.05) is 36.4 Å². The molecular weight excluding hydrogens is 808 g/mol. The van der Waals surface area contributed by atoms with Crippen molar-refractivity contribution in [1.29, 1.82) is 0 Å². The van der Waals surface area contributed by atoms with Gasteiger partial charge in [-0.15, -0.1) is 0 Å². The van der Waals surface area contributed by atoms with Crippen LogP contribution in [0.1, 0.15) is 0 Å². The molecule has 4 aromatic heterocycles. The average Bonchev–Trinajstić information content (AvgIpc) is 4.03. The summed E-state index contributed by atoms with van der Waals surface area (Å²) < 4.78 is 13.5. The second-order valence-electron chi connectivity index (χ2n) is 16.6. The third-order valence-electron chi connectivity index (χ3n) is 13.0. The minimum absolute atomic E-state index is 0.133. The van der Waals surface area contributed by atoms with Crippen LogP contribution >= 0.6 is 11.6 Å². The Bertz CT molecular complexity index is 4290. The molecule has 7 heteroatoms. The smallest absolute Gasteiger partial charge is 0.226 e. The van der Waals surface area contributed by atoms with Gasteiger partial charge >= 0.3 is 0 Å². The van der Waals surface area contributed by atoms with Crippen molar-refractivity contribution in [2.45, 2.75) is 0 Å². The van der Waals surface area contributed by atoms with Crippen molar-refractivity contribution in [2.24, 2.45) is 0 Å². The van der Waals surface area contributed by atoms with E-state index >= 15 is 0 Å². The first kappa shape index (κ1) is 35.3. The maximum absolute atomic E-state index is 7.01. The van der Waals surface area contributed by atoms with E-state index in [1.54, 1.807) is 0 Å². The fourth-order valence-corrected chi connectivity index (χ4v) is 10.1. The molecule has 0 atom stereocenters. The summed E-state index contributed by atoms with van der Waals surface area (Å²) in [7, 11) is 0. The van der Waals surface area contributed by atoms with Gasteiger partial charge in [-0.1, -0.05) is 127 Å². The molecule has 4 heterocycles. The molecule has 0 fully saturated rings. The number of nitrogens with zero attached hydrogens (tertiary/aromatic N) is 3. The summed E-state index contributed by atoms with van der Waals surface area (Å²) >= 11 is 6.50. The van der Waals surface area contributed by atoms with Crippen molar-refractivity contribution in [2.75, 3.05) is 0 Å². The van der Waals surface area contributed by atoms with E-state index in [2.05, 4.69) is 161 Å². The van der Waals surface area contributed by atoms with Crippen LogP contribution < -0.4 is 0 Å². The number of furan rings is 2. The maximum Gasteiger partial charge on any atom is 0.226 e. The van der Waals surface area contributed by atoms with Crippen LogP contribution in [0.4, 0.5) is 0 Å². The zero-order valence-electron chi connectivity index (χ0n) is 33.9. The molecule has 1 N–H and O–H groups in total. The lowest BCUT2D eigenvalue weighted by molar-refractivity contribution is 0.669. The van der Waals surface area contributed by atoms with Gasteiger partial charge in [-0.2, -0.15) is 9.97 Å². The number of halogens is 1. The van der Waals surface area contributed by atoms with Crippen LogP contribution in [0.2, 0.25) is 5.28 Å². The van der Waals surface area contributed by atoms with Crippen LogP contribution in [0, 0.1) is 0 Å². The normalized spacial score (nSPS) is 12.1. The van der Waals surface area contributed by atoms with Crippen molar-refractivity contribution >= 4 is 110 Å². The fourth-order valence-electron chi connectivity index (χ4n) is 9.96. The van der Waals surface area contributed by atoms with Crippen molar-refractivity contribution in [3.63, 3.8) is 0 Å². The maximum atomic E-state index is 7.01. The number of aromatic amines is 1. The minimum Gasteiger partial charge on any atom is -0.456 e. The first-order valence-electron chi connectivity index (χ1n) is 21.3. The summed E-state index contributed by atoms with van der Waals surface area (Å²) in [5.41, 5.74) is 11.4. The molecular formula is C57H31ClN4O2. The Morgan fingerprint density at radius 2 is 1.03 bits per heavy atom. The highest BCUT2D eigenvalue weighted by atomic mass is 35.5. The highest BCUT2D eigenvalue weighted by Gasteiger charge is 2.21. The Balaban J connectivity index is 0.874. The van der Waals surface area contributed by atoms with Gasteiger partial charge in [-0.25, -0.2) is 4.98 Å². The second kappa shape index (κ2) is 13.3. The summed E-state index contributed by atoms with van der Waals surface area (Å²) in [5, 5.41) is 13.8. The molecule has 0 spiro atoms. The minimum atomic E-state index is 0.133. The van der Waals surface area contributed by atoms with Crippen LogP contribution in [0.5, 0.6) is 0 Å². The zero-order valence-corrected chi connectivity index (χ0v) is 34.6. The van der Waals surface area contributed by atoms with Gasteiger partial charge < -0.3 is 13.8 Å². The summed E-state index contributed by atoms with van der Waals surface area (Å²) in [6.45, 7) is 0. The van der Waals surface area contributed by atoms with Gasteiger partial charge in [0.25, 0.3) is 0 Å². The monoisotopic (exact) mass is 838 g/mol. The molecule has 0 saturated carbocycles. The Morgan fingerprint density at radius 1 is 0.391 bits per heavy atom. The molecule has 10 aromatic carbocycles. The van der Waals surface area contributed by atoms with E-state index in [4.69, 9.17) is 25.4 Å². The van der Waals surface area contributed by atoms with Crippen LogP contribution in [0.25, 0.3) is 143 Å². The second-order valence-corrected chi connectivity index (χ2v) is 16.9. The van der Waals surface area contributed by atoms with Gasteiger partial charge in [-0.05, 0) is 110 Å². The first-order chi connectivity index (χ1) is 31.6. The van der Waals surface area contributed by atoms with E-state index in [9.17, 15) is 0 Å². The number of nitrogens with one attached hydrogen (secondary N) is 1. The molecule has 6 nitrogen and oxygen atoms in total. The highest BCUT2D eigenvalue weighted by Crippen LogP contribution is 2.46. The predicted molar refractivity (Wildman–Crippen MR) is 263 cm³/mol. The van der Waals surface area contributed by atoms with E-state index in [0.29, 0.717) is 11.6 Å². The van der Waals surface area contributed by atoms with Gasteiger partial charge in [0.05, 0.1) is 5.52 Å². The van der Waals surface area contributed by atoms with Crippen molar-refractivity contribution in [3.8, 4) is 45.0 Å². The lowest BCUT2D eigenvalue weighted by atomic mass is 9.93. The molecule has 0 aliphatic carbocycles. The summed E-state index contributed by atoms with van der Waals surface area (Å²) in [4.78, 5) is 17.6. The van der Waals surface area contributed by atoms with Crippen LogP contribution in [0.3, 0.4) is 0 Å². The van der Waals surface area contributed by atoms with Gasteiger partial charge in [-0.3, -0.25) is 0 Å². The Labute approximate surface area is 369 Å². The third kappa shape index (κ3) is 5.30. The Hall–Kier alpha value is -8.32. The van der Waals surface area contributed by atoms with Gasteiger partial charge in [0, 0.05) is 60.1 Å². The van der Waals surface area contributed by atoms with Crippen LogP contribution in [-0.4, -0.2) is 19.9 Å². The van der Waals surface area contributed by atoms with Gasteiger partial charge in [0.1, 0.15) is 22.3 Å². The standard InChI is InChI=1S/C57H31ClN4O2/c58-57-61-55(37-17-16-31-8-1-2-10-33(31)26-37)60-56(62-57)38-19-23-41-45-27-34(21-25-48(45)63-49(41)30-38)35-18-22-42-46-28-36-11-4-6-13-40(36)52(54(46)64-50(42)29-35)44-15-7-14-43-51-39-12-5-3-9-32(39)20-24-47(51)59-53(43)44/h1-30,59H. The Morgan fingerprint density at radius 3 is 1.91 bits per heavy atom. The first-order valence-corrected chi connectivity index (χ1v) is 21.6. The zero-order chi connectivity index (χ0) is 42.0. The molecule has 0 bridgehead atoms. The van der Waals surface area contributed by atoms with E-state index in [-0.39, 0.29) is 5.28 Å². The van der Waals surface area contributed by atoms with Gasteiger partial charge in [0.15, 0.2) is 11.6 Å². The number of H-pyrrole nitrogens is 1. The van der Waals surface area contributed by atoms with E-state index in [0.717, 1.165) is 104 Å². The number of benzene rings is 10. The summed E-state index contributed by atoms with van der Waals surface area (Å²) in [5.74, 6) is 0.995. The molecule has 64 heavy (non-hydrogen) atoms. The molecule has 298 valence electrons. The topological polar surface area (TPSA) is 80.7 Å². The molecule has 0 amide bonds. The van der Waals surface area contributed by atoms with Crippen molar-refractivity contribution < 1.29 is 8.83 Å². The molecule has 0 radical (unpaired) electrons. The lowest BCUT2D eigenvalue weighted by Crippen LogP contribution is -1.97. The predicted octanol–water partition coefficient (Wildman–Crippen LogP) is 16.1. The van der Waals surface area contributed by atoms with Crippen molar-refractivity contribution in [3.05, 3.63) is 187 Å². The number of para-hydroxylation sites is 1. The number of fused-ring (bicyclic) bond motifs is 13. The Kier molecular flexibility index (Phi) is 7.36. The number of hydrogen-bond acceptors (Lipinski definition) is 5. The molecule has 0 unspecified atom stereocenters. The van der Waals surface area contributed by atoms with Crippen molar-refractivity contribution in [1.82, 2.24) is 19.9 Å². The average molecular weight is 839 g/mol. The van der Waals surface area contributed by atoms with E-state index < -0.39 is 0 Å². The number of rotatable bonds is 4. The largest absolute Gasteiger partial charge is 0.456 e. The number of hydrogen-bond donors (Lipinski definition) is 1. The fraction of sp³-hybridized carbons (Fsp3) is 0. The molecule has 14 rings (SSSR count). The molecule has 14 aromatic rings. The van der Waals surface area contributed by atoms with E-state index in [1.165, 1.54) is 26.9 Å². The quantitative estimate of drug-likeness (QED) is 0.191. The molecule has 0 aliphatic heterocycles. The van der Waals surface area contributed by atoms with Crippen LogP contribution in [0.15, 0.2) is 191 Å².